The molecule has 2 heterocycles. The molecule has 0 radical (unpaired) electrons. The van der Waals surface area contributed by atoms with E-state index in [2.05, 4.69) is 9.89 Å². The number of rotatable bonds is 3. The number of nitrogens with zero attached hydrogens (tertiary/aromatic N) is 1. The fourth-order valence-electron chi connectivity index (χ4n) is 1.54. The summed E-state index contributed by atoms with van der Waals surface area (Å²) in [5.41, 5.74) is 4.88. The smallest absolute Gasteiger partial charge is 0.354 e. The zero-order valence-electron chi connectivity index (χ0n) is 8.80. The van der Waals surface area contributed by atoms with Gasteiger partial charge in [0.05, 0.1) is 19.8 Å². The standard InChI is InChI=1S/C10H12N2O4/c1-14-9(13)10(6-11)5-7(12-16-10)8-3-2-4-15-8/h2-4H,5-6,11H2,1H3. The van der Waals surface area contributed by atoms with E-state index in [1.165, 1.54) is 13.4 Å². The van der Waals surface area contributed by atoms with E-state index in [0.29, 0.717) is 11.5 Å². The lowest BCUT2D eigenvalue weighted by Gasteiger charge is -2.20. The van der Waals surface area contributed by atoms with Gasteiger partial charge in [-0.3, -0.25) is 0 Å². The average molecular weight is 224 g/mol. The lowest BCUT2D eigenvalue weighted by molar-refractivity contribution is -0.165. The molecule has 0 fully saturated rings. The first-order valence-corrected chi connectivity index (χ1v) is 4.79. The minimum atomic E-state index is -1.21. The zero-order chi connectivity index (χ0) is 11.6. The number of carbonyl (C=O) groups excluding carboxylic acids is 1. The Morgan fingerprint density at radius 2 is 2.56 bits per heavy atom. The van der Waals surface area contributed by atoms with Crippen LogP contribution in [0.4, 0.5) is 0 Å². The number of hydrogen-bond acceptors (Lipinski definition) is 6. The van der Waals surface area contributed by atoms with Crippen LogP contribution in [0.5, 0.6) is 0 Å². The summed E-state index contributed by atoms with van der Waals surface area (Å²) >= 11 is 0. The number of oxime groups is 1. The summed E-state index contributed by atoms with van der Waals surface area (Å²) in [5.74, 6) is 0.0412. The van der Waals surface area contributed by atoms with Gasteiger partial charge in [0.2, 0.25) is 0 Å². The Labute approximate surface area is 92.0 Å². The van der Waals surface area contributed by atoms with Crippen molar-refractivity contribution < 1.29 is 18.8 Å². The van der Waals surface area contributed by atoms with Crippen LogP contribution in [0.2, 0.25) is 0 Å². The minimum absolute atomic E-state index is 0.00732. The molecule has 0 saturated heterocycles. The molecule has 16 heavy (non-hydrogen) atoms. The van der Waals surface area contributed by atoms with E-state index >= 15 is 0 Å². The van der Waals surface area contributed by atoms with Crippen LogP contribution < -0.4 is 5.73 Å². The first kappa shape index (κ1) is 10.7. The van der Waals surface area contributed by atoms with Crippen LogP contribution in [-0.4, -0.2) is 30.9 Å². The van der Waals surface area contributed by atoms with Crippen molar-refractivity contribution in [2.75, 3.05) is 13.7 Å². The Hall–Kier alpha value is -1.82. The van der Waals surface area contributed by atoms with Gasteiger partial charge in [0.1, 0.15) is 5.71 Å². The number of hydrogen-bond donors (Lipinski definition) is 1. The van der Waals surface area contributed by atoms with Crippen molar-refractivity contribution in [1.29, 1.82) is 0 Å². The summed E-state index contributed by atoms with van der Waals surface area (Å²) in [6, 6.07) is 3.48. The predicted molar refractivity (Wildman–Crippen MR) is 54.7 cm³/mol. The lowest BCUT2D eigenvalue weighted by atomic mass is 9.97. The van der Waals surface area contributed by atoms with Gasteiger partial charge in [0.15, 0.2) is 5.76 Å². The van der Waals surface area contributed by atoms with Gasteiger partial charge in [-0.15, -0.1) is 0 Å². The van der Waals surface area contributed by atoms with Crippen LogP contribution in [0.3, 0.4) is 0 Å². The molecule has 6 nitrogen and oxygen atoms in total. The molecular weight excluding hydrogens is 212 g/mol. The van der Waals surface area contributed by atoms with Crippen molar-refractivity contribution in [2.45, 2.75) is 12.0 Å². The number of furan rings is 1. The fraction of sp³-hybridized carbons (Fsp3) is 0.400. The van der Waals surface area contributed by atoms with Gasteiger partial charge in [-0.1, -0.05) is 5.16 Å². The topological polar surface area (TPSA) is 87.1 Å². The number of nitrogens with two attached hydrogens (primary N) is 1. The van der Waals surface area contributed by atoms with Gasteiger partial charge in [-0.2, -0.15) is 0 Å². The Balaban J connectivity index is 2.18. The van der Waals surface area contributed by atoms with E-state index in [1.54, 1.807) is 12.1 Å². The molecule has 0 saturated carbocycles. The highest BCUT2D eigenvalue weighted by atomic mass is 16.7. The lowest BCUT2D eigenvalue weighted by Crippen LogP contribution is -2.46. The molecule has 0 bridgehead atoms. The van der Waals surface area contributed by atoms with Crippen LogP contribution in [0, 0.1) is 0 Å². The van der Waals surface area contributed by atoms with Crippen LogP contribution in [0.15, 0.2) is 28.0 Å². The molecule has 2 rings (SSSR count). The molecule has 0 aliphatic carbocycles. The van der Waals surface area contributed by atoms with Gasteiger partial charge < -0.3 is 19.7 Å². The highest BCUT2D eigenvalue weighted by Crippen LogP contribution is 2.27. The summed E-state index contributed by atoms with van der Waals surface area (Å²) in [7, 11) is 1.29. The molecular formula is C10H12N2O4. The second-order valence-electron chi connectivity index (χ2n) is 3.47. The summed E-state index contributed by atoms with van der Waals surface area (Å²) < 4.78 is 9.81. The molecule has 0 amide bonds. The Bertz CT molecular complexity index is 412. The van der Waals surface area contributed by atoms with Crippen LogP contribution in [0.1, 0.15) is 12.2 Å². The van der Waals surface area contributed by atoms with E-state index in [-0.39, 0.29) is 13.0 Å². The predicted octanol–water partition coefficient (Wildman–Crippen LogP) is 0.275. The number of methoxy groups -OCH3 is 1. The monoisotopic (exact) mass is 224 g/mol. The fourth-order valence-corrected chi connectivity index (χ4v) is 1.54. The van der Waals surface area contributed by atoms with E-state index in [1.807, 2.05) is 0 Å². The van der Waals surface area contributed by atoms with E-state index in [9.17, 15) is 4.79 Å². The molecule has 1 aromatic rings. The van der Waals surface area contributed by atoms with Gasteiger partial charge >= 0.3 is 5.97 Å². The third-order valence-electron chi connectivity index (χ3n) is 2.48. The van der Waals surface area contributed by atoms with Crippen molar-refractivity contribution in [3.05, 3.63) is 24.2 Å². The highest BCUT2D eigenvalue weighted by molar-refractivity contribution is 6.02. The zero-order valence-corrected chi connectivity index (χ0v) is 8.80. The van der Waals surface area contributed by atoms with Crippen molar-refractivity contribution in [2.24, 2.45) is 10.9 Å². The highest BCUT2D eigenvalue weighted by Gasteiger charge is 2.47. The molecule has 0 aromatic carbocycles. The Morgan fingerprint density at radius 3 is 3.12 bits per heavy atom. The third-order valence-corrected chi connectivity index (χ3v) is 2.48. The Morgan fingerprint density at radius 1 is 1.75 bits per heavy atom. The maximum atomic E-state index is 11.6. The second-order valence-corrected chi connectivity index (χ2v) is 3.47. The molecule has 86 valence electrons. The summed E-state index contributed by atoms with van der Waals surface area (Å²) in [6.45, 7) is 0.00732. The van der Waals surface area contributed by atoms with Crippen molar-refractivity contribution >= 4 is 11.7 Å². The molecule has 6 heteroatoms. The van der Waals surface area contributed by atoms with Gasteiger partial charge in [-0.05, 0) is 12.1 Å². The molecule has 1 aromatic heterocycles. The van der Waals surface area contributed by atoms with Gasteiger partial charge in [0, 0.05) is 6.54 Å². The van der Waals surface area contributed by atoms with Gasteiger partial charge in [-0.25, -0.2) is 4.79 Å². The van der Waals surface area contributed by atoms with Crippen molar-refractivity contribution in [3.8, 4) is 0 Å². The average Bonchev–Trinajstić information content (AvgIpc) is 2.96. The van der Waals surface area contributed by atoms with Crippen LogP contribution >= 0.6 is 0 Å². The molecule has 2 N–H and O–H groups in total. The number of ether oxygens (including phenoxy) is 1. The van der Waals surface area contributed by atoms with E-state index < -0.39 is 11.6 Å². The van der Waals surface area contributed by atoms with Crippen LogP contribution in [-0.2, 0) is 14.4 Å². The minimum Gasteiger partial charge on any atom is -0.466 e. The largest absolute Gasteiger partial charge is 0.466 e. The quantitative estimate of drug-likeness (QED) is 0.745. The van der Waals surface area contributed by atoms with E-state index in [0.717, 1.165) is 0 Å². The molecule has 1 aliphatic rings. The summed E-state index contributed by atoms with van der Waals surface area (Å²) in [5, 5.41) is 3.81. The normalized spacial score (nSPS) is 23.8. The molecule has 0 spiro atoms. The molecule has 1 aliphatic heterocycles. The molecule has 1 atom stereocenters. The summed E-state index contributed by atoms with van der Waals surface area (Å²) in [6.07, 6.45) is 1.78. The first-order chi connectivity index (χ1) is 7.72. The SMILES string of the molecule is COC(=O)C1(CN)CC(c2ccco2)=NO1. The van der Waals surface area contributed by atoms with Gasteiger partial charge in [0.25, 0.3) is 5.60 Å². The Kier molecular flexibility index (Phi) is 2.66. The van der Waals surface area contributed by atoms with Crippen molar-refractivity contribution in [3.63, 3.8) is 0 Å². The number of carbonyl (C=O) groups is 1. The molecule has 1 unspecified atom stereocenters. The van der Waals surface area contributed by atoms with Crippen LogP contribution in [0.25, 0.3) is 0 Å². The number of esters is 1. The second kappa shape index (κ2) is 3.97. The van der Waals surface area contributed by atoms with E-state index in [4.69, 9.17) is 15.0 Å². The first-order valence-electron chi connectivity index (χ1n) is 4.79. The third kappa shape index (κ3) is 1.57. The summed E-state index contributed by atoms with van der Waals surface area (Å²) in [4.78, 5) is 16.7. The maximum absolute atomic E-state index is 11.6. The van der Waals surface area contributed by atoms with Crippen molar-refractivity contribution in [1.82, 2.24) is 0 Å². The maximum Gasteiger partial charge on any atom is 0.354 e.